The van der Waals surface area contributed by atoms with Crippen molar-refractivity contribution in [1.29, 1.82) is 0 Å². The summed E-state index contributed by atoms with van der Waals surface area (Å²) in [5.41, 5.74) is 0.00712. The van der Waals surface area contributed by atoms with Gasteiger partial charge in [-0.25, -0.2) is 4.79 Å². The molecule has 1 fully saturated rings. The monoisotopic (exact) mass is 326 g/mol. The van der Waals surface area contributed by atoms with Crippen LogP contribution in [0, 0.1) is 17.3 Å². The van der Waals surface area contributed by atoms with E-state index in [1.54, 1.807) is 0 Å². The minimum atomic E-state index is -0.442. The summed E-state index contributed by atoms with van der Waals surface area (Å²) in [5, 5.41) is 6.38. The maximum absolute atomic E-state index is 11.7. The molecule has 1 rings (SSSR count). The molecular weight excluding hydrogens is 288 g/mol. The Hall–Kier alpha value is -0.770. The van der Waals surface area contributed by atoms with Crippen LogP contribution in [0.25, 0.3) is 0 Å². The van der Waals surface area contributed by atoms with Crippen LogP contribution in [0.1, 0.15) is 74.1 Å². The molecule has 0 aromatic carbocycles. The second-order valence-electron chi connectivity index (χ2n) is 9.29. The summed E-state index contributed by atoms with van der Waals surface area (Å²) < 4.78 is 5.27. The summed E-state index contributed by atoms with van der Waals surface area (Å²) in [4.78, 5) is 11.7. The van der Waals surface area contributed by atoms with Gasteiger partial charge in [-0.3, -0.25) is 0 Å². The zero-order valence-electron chi connectivity index (χ0n) is 16.3. The highest BCUT2D eigenvalue weighted by molar-refractivity contribution is 5.68. The van der Waals surface area contributed by atoms with Crippen LogP contribution >= 0.6 is 0 Å². The van der Waals surface area contributed by atoms with Crippen LogP contribution in [0.5, 0.6) is 0 Å². The molecule has 1 aliphatic rings. The zero-order chi connectivity index (χ0) is 17.7. The first-order valence-corrected chi connectivity index (χ1v) is 9.17. The van der Waals surface area contributed by atoms with E-state index in [0.717, 1.165) is 24.9 Å². The van der Waals surface area contributed by atoms with Gasteiger partial charge in [0.1, 0.15) is 5.60 Å². The summed E-state index contributed by atoms with van der Waals surface area (Å²) in [7, 11) is 0. The number of ether oxygens (including phenoxy) is 1. The molecule has 0 aromatic rings. The van der Waals surface area contributed by atoms with Gasteiger partial charge in [0.25, 0.3) is 0 Å². The summed E-state index contributed by atoms with van der Waals surface area (Å²) in [6.45, 7) is 16.6. The Morgan fingerprint density at radius 3 is 2.13 bits per heavy atom. The molecule has 1 unspecified atom stereocenters. The summed E-state index contributed by atoms with van der Waals surface area (Å²) >= 11 is 0. The Bertz CT molecular complexity index is 361. The molecule has 4 heteroatoms. The Morgan fingerprint density at radius 1 is 1.09 bits per heavy atom. The number of carbonyl (C=O) groups is 1. The van der Waals surface area contributed by atoms with Gasteiger partial charge in [-0.1, -0.05) is 20.8 Å². The fourth-order valence-corrected chi connectivity index (χ4v) is 3.30. The third-order valence-electron chi connectivity index (χ3n) is 4.72. The molecule has 4 nitrogen and oxygen atoms in total. The van der Waals surface area contributed by atoms with Crippen molar-refractivity contribution in [2.75, 3.05) is 13.1 Å². The lowest BCUT2D eigenvalue weighted by molar-refractivity contribution is 0.0508. The maximum Gasteiger partial charge on any atom is 0.407 e. The predicted molar refractivity (Wildman–Crippen MR) is 96.6 cm³/mol. The number of amides is 1. The van der Waals surface area contributed by atoms with E-state index in [1.807, 2.05) is 27.7 Å². The standard InChI is InChI=1S/C19H38N2O2/c1-14(21-17(22)23-19(5,6)7)12-20-13-15-8-10-16(11-9-15)18(2,3)4/h14-16,20H,8-13H2,1-7H3,(H,21,22). The molecule has 0 aliphatic heterocycles. The van der Waals surface area contributed by atoms with Crippen LogP contribution in [0.4, 0.5) is 4.79 Å². The topological polar surface area (TPSA) is 50.4 Å². The van der Waals surface area contributed by atoms with E-state index in [2.05, 4.69) is 31.4 Å². The first-order valence-electron chi connectivity index (χ1n) is 9.17. The van der Waals surface area contributed by atoms with Crippen molar-refractivity contribution in [3.63, 3.8) is 0 Å². The van der Waals surface area contributed by atoms with Crippen LogP contribution in [0.3, 0.4) is 0 Å². The molecule has 1 aliphatic carbocycles. The minimum Gasteiger partial charge on any atom is -0.444 e. The molecule has 0 saturated heterocycles. The first kappa shape index (κ1) is 20.3. The SMILES string of the molecule is CC(CNCC1CCC(C(C)(C)C)CC1)NC(=O)OC(C)(C)C. The van der Waals surface area contributed by atoms with Crippen molar-refractivity contribution >= 4 is 6.09 Å². The first-order chi connectivity index (χ1) is 10.5. The van der Waals surface area contributed by atoms with E-state index >= 15 is 0 Å². The second-order valence-corrected chi connectivity index (χ2v) is 9.29. The van der Waals surface area contributed by atoms with Gasteiger partial charge in [0, 0.05) is 12.6 Å². The molecule has 0 bridgehead atoms. The molecule has 1 saturated carbocycles. The number of alkyl carbamates (subject to hydrolysis) is 1. The van der Waals surface area contributed by atoms with Gasteiger partial charge in [0.15, 0.2) is 0 Å². The highest BCUT2D eigenvalue weighted by atomic mass is 16.6. The molecule has 23 heavy (non-hydrogen) atoms. The molecule has 136 valence electrons. The molecular formula is C19H38N2O2. The number of rotatable bonds is 5. The molecule has 1 atom stereocenters. The van der Waals surface area contributed by atoms with Gasteiger partial charge in [-0.2, -0.15) is 0 Å². The van der Waals surface area contributed by atoms with Crippen molar-refractivity contribution in [2.45, 2.75) is 85.8 Å². The highest BCUT2D eigenvalue weighted by Gasteiger charge is 2.29. The number of carbonyl (C=O) groups excluding carboxylic acids is 1. The fraction of sp³-hybridized carbons (Fsp3) is 0.947. The molecule has 0 spiro atoms. The lowest BCUT2D eigenvalue weighted by Crippen LogP contribution is -2.43. The summed E-state index contributed by atoms with van der Waals surface area (Å²) in [6, 6.07) is 0.0794. The molecule has 0 heterocycles. The Labute approximate surface area is 143 Å². The van der Waals surface area contributed by atoms with E-state index in [0.29, 0.717) is 5.41 Å². The molecule has 2 N–H and O–H groups in total. The van der Waals surface area contributed by atoms with Crippen molar-refractivity contribution in [1.82, 2.24) is 10.6 Å². The fourth-order valence-electron chi connectivity index (χ4n) is 3.30. The smallest absolute Gasteiger partial charge is 0.407 e. The third-order valence-corrected chi connectivity index (χ3v) is 4.72. The van der Waals surface area contributed by atoms with Crippen molar-refractivity contribution in [3.8, 4) is 0 Å². The van der Waals surface area contributed by atoms with E-state index in [-0.39, 0.29) is 12.1 Å². The van der Waals surface area contributed by atoms with E-state index in [9.17, 15) is 4.79 Å². The largest absolute Gasteiger partial charge is 0.444 e. The van der Waals surface area contributed by atoms with E-state index in [4.69, 9.17) is 4.74 Å². The Morgan fingerprint density at radius 2 is 1.65 bits per heavy atom. The third kappa shape index (κ3) is 8.59. The highest BCUT2D eigenvalue weighted by Crippen LogP contribution is 2.39. The van der Waals surface area contributed by atoms with E-state index < -0.39 is 5.60 Å². The van der Waals surface area contributed by atoms with Crippen molar-refractivity contribution in [3.05, 3.63) is 0 Å². The van der Waals surface area contributed by atoms with Crippen molar-refractivity contribution in [2.24, 2.45) is 17.3 Å². The van der Waals surface area contributed by atoms with Gasteiger partial charge in [-0.05, 0) is 77.2 Å². The van der Waals surface area contributed by atoms with Crippen LogP contribution in [0.15, 0.2) is 0 Å². The average Bonchev–Trinajstić information content (AvgIpc) is 2.35. The normalized spacial score (nSPS) is 24.1. The van der Waals surface area contributed by atoms with Crippen LogP contribution in [-0.2, 0) is 4.74 Å². The predicted octanol–water partition coefficient (Wildman–Crippen LogP) is 4.34. The van der Waals surface area contributed by atoms with Gasteiger partial charge < -0.3 is 15.4 Å². The minimum absolute atomic E-state index is 0.0794. The molecule has 1 amide bonds. The zero-order valence-corrected chi connectivity index (χ0v) is 16.3. The quantitative estimate of drug-likeness (QED) is 0.790. The number of hydrogen-bond donors (Lipinski definition) is 2. The lowest BCUT2D eigenvalue weighted by atomic mass is 9.70. The van der Waals surface area contributed by atoms with Gasteiger partial charge in [0.2, 0.25) is 0 Å². The number of nitrogens with one attached hydrogen (secondary N) is 2. The van der Waals surface area contributed by atoms with Crippen LogP contribution < -0.4 is 10.6 Å². The summed E-state index contributed by atoms with van der Waals surface area (Å²) in [6.07, 6.45) is 5.01. The van der Waals surface area contributed by atoms with Crippen LogP contribution in [-0.4, -0.2) is 30.8 Å². The van der Waals surface area contributed by atoms with Gasteiger partial charge >= 0.3 is 6.09 Å². The van der Waals surface area contributed by atoms with Gasteiger partial charge in [-0.15, -0.1) is 0 Å². The maximum atomic E-state index is 11.7. The Balaban J connectivity index is 2.16. The average molecular weight is 327 g/mol. The Kier molecular flexibility index (Phi) is 7.37. The van der Waals surface area contributed by atoms with Crippen LogP contribution in [0.2, 0.25) is 0 Å². The van der Waals surface area contributed by atoms with Gasteiger partial charge in [0.05, 0.1) is 0 Å². The summed E-state index contributed by atoms with van der Waals surface area (Å²) in [5.74, 6) is 1.65. The van der Waals surface area contributed by atoms with Crippen molar-refractivity contribution < 1.29 is 9.53 Å². The number of hydrogen-bond acceptors (Lipinski definition) is 3. The second kappa shape index (κ2) is 8.36. The van der Waals surface area contributed by atoms with E-state index in [1.165, 1.54) is 25.7 Å². The molecule has 0 radical (unpaired) electrons. The molecule has 0 aromatic heterocycles. The lowest BCUT2D eigenvalue weighted by Gasteiger charge is -2.37.